The van der Waals surface area contributed by atoms with Crippen LogP contribution in [-0.4, -0.2) is 16.2 Å². The highest BCUT2D eigenvalue weighted by Gasteiger charge is 2.54. The van der Waals surface area contributed by atoms with E-state index in [4.69, 9.17) is 15.2 Å². The van der Waals surface area contributed by atoms with Gasteiger partial charge < -0.3 is 25.4 Å². The number of ether oxygens (including phenoxy) is 2. The number of nitrogens with two attached hydrogens (primary N) is 1. The van der Waals surface area contributed by atoms with Crippen LogP contribution in [0, 0.1) is 0 Å². The molecular formula is C21H17Cl2NO5. The van der Waals surface area contributed by atoms with Crippen LogP contribution in [0.5, 0.6) is 23.0 Å². The van der Waals surface area contributed by atoms with Crippen molar-refractivity contribution in [3.05, 3.63) is 82.4 Å². The minimum Gasteiger partial charge on any atom is -0.508 e. The first-order valence-corrected chi connectivity index (χ1v) is 8.46. The van der Waals surface area contributed by atoms with E-state index in [1.807, 2.05) is 12.1 Å². The second-order valence-electron chi connectivity index (χ2n) is 6.54. The Morgan fingerprint density at radius 1 is 0.931 bits per heavy atom. The van der Waals surface area contributed by atoms with Crippen molar-refractivity contribution in [1.82, 2.24) is 0 Å². The van der Waals surface area contributed by atoms with Crippen molar-refractivity contribution in [2.24, 2.45) is 5.73 Å². The van der Waals surface area contributed by atoms with Crippen LogP contribution in [0.15, 0.2) is 54.6 Å². The lowest BCUT2D eigenvalue weighted by Gasteiger charge is -2.37. The van der Waals surface area contributed by atoms with Gasteiger partial charge in [0.2, 0.25) is 0 Å². The Balaban J connectivity index is 0.00000120. The van der Waals surface area contributed by atoms with E-state index in [0.717, 1.165) is 0 Å². The van der Waals surface area contributed by atoms with Gasteiger partial charge in [0.25, 0.3) is 0 Å². The molecule has 1 spiro atoms. The number of aromatic hydroxyl groups is 2. The van der Waals surface area contributed by atoms with Gasteiger partial charge in [0.1, 0.15) is 23.0 Å². The molecule has 0 saturated heterocycles. The summed E-state index contributed by atoms with van der Waals surface area (Å²) in [5.74, 6) is 0.235. The third kappa shape index (κ3) is 2.64. The van der Waals surface area contributed by atoms with Gasteiger partial charge in [0.15, 0.2) is 5.60 Å². The highest BCUT2D eigenvalue weighted by atomic mass is 35.5. The van der Waals surface area contributed by atoms with Crippen LogP contribution < -0.4 is 10.5 Å². The molecule has 150 valence electrons. The van der Waals surface area contributed by atoms with E-state index < -0.39 is 11.6 Å². The van der Waals surface area contributed by atoms with Crippen molar-refractivity contribution in [3.8, 4) is 23.0 Å². The summed E-state index contributed by atoms with van der Waals surface area (Å²) in [4.78, 5) is 12.7. The van der Waals surface area contributed by atoms with E-state index in [1.165, 1.54) is 18.2 Å². The second kappa shape index (κ2) is 7.15. The maximum atomic E-state index is 12.7. The number of esters is 1. The fraction of sp³-hybridized carbons (Fsp3) is 0.0952. The lowest BCUT2D eigenvalue weighted by atomic mass is 9.77. The van der Waals surface area contributed by atoms with Crippen LogP contribution in [0.4, 0.5) is 0 Å². The largest absolute Gasteiger partial charge is 0.508 e. The quantitative estimate of drug-likeness (QED) is 0.501. The van der Waals surface area contributed by atoms with E-state index in [2.05, 4.69) is 0 Å². The highest BCUT2D eigenvalue weighted by molar-refractivity contribution is 5.97. The second-order valence-corrected chi connectivity index (χ2v) is 6.54. The number of phenols is 2. The van der Waals surface area contributed by atoms with Crippen LogP contribution >= 0.6 is 24.8 Å². The zero-order valence-corrected chi connectivity index (χ0v) is 16.5. The predicted molar refractivity (Wildman–Crippen MR) is 110 cm³/mol. The fourth-order valence-corrected chi connectivity index (χ4v) is 3.97. The number of hydrogen-bond donors (Lipinski definition) is 3. The molecule has 3 aromatic rings. The Morgan fingerprint density at radius 2 is 1.66 bits per heavy atom. The van der Waals surface area contributed by atoms with Crippen LogP contribution in [0.25, 0.3) is 0 Å². The Hall–Kier alpha value is -2.93. The molecule has 0 bridgehead atoms. The highest BCUT2D eigenvalue weighted by Crippen LogP contribution is 2.57. The third-order valence-electron chi connectivity index (χ3n) is 5.15. The molecule has 0 radical (unpaired) electrons. The average Bonchev–Trinajstić information content (AvgIpc) is 2.95. The normalized spacial score (nSPS) is 17.8. The molecular weight excluding hydrogens is 417 g/mol. The zero-order chi connectivity index (χ0) is 18.8. The Labute approximate surface area is 178 Å². The molecule has 4 N–H and O–H groups in total. The lowest BCUT2D eigenvalue weighted by Crippen LogP contribution is -2.33. The van der Waals surface area contributed by atoms with Gasteiger partial charge in [0.05, 0.1) is 11.1 Å². The van der Waals surface area contributed by atoms with E-state index >= 15 is 0 Å². The molecule has 6 nitrogen and oxygen atoms in total. The maximum absolute atomic E-state index is 12.7. The van der Waals surface area contributed by atoms with Gasteiger partial charge in [-0.2, -0.15) is 0 Å². The Morgan fingerprint density at radius 3 is 2.41 bits per heavy atom. The first-order chi connectivity index (χ1) is 13.1. The summed E-state index contributed by atoms with van der Waals surface area (Å²) in [5.41, 5.74) is 7.33. The maximum Gasteiger partial charge on any atom is 0.340 e. The van der Waals surface area contributed by atoms with Gasteiger partial charge in [-0.05, 0) is 30.3 Å². The average molecular weight is 434 g/mol. The van der Waals surface area contributed by atoms with Crippen LogP contribution in [0.1, 0.15) is 32.6 Å². The third-order valence-corrected chi connectivity index (χ3v) is 5.15. The monoisotopic (exact) mass is 433 g/mol. The topological polar surface area (TPSA) is 102 Å². The van der Waals surface area contributed by atoms with E-state index in [0.29, 0.717) is 39.3 Å². The van der Waals surface area contributed by atoms with Crippen molar-refractivity contribution in [2.75, 3.05) is 0 Å². The van der Waals surface area contributed by atoms with Gasteiger partial charge in [-0.3, -0.25) is 0 Å². The molecule has 29 heavy (non-hydrogen) atoms. The van der Waals surface area contributed by atoms with Crippen molar-refractivity contribution >= 4 is 30.8 Å². The molecule has 1 unspecified atom stereocenters. The summed E-state index contributed by atoms with van der Waals surface area (Å²) >= 11 is 0. The van der Waals surface area contributed by atoms with Gasteiger partial charge in [-0.1, -0.05) is 18.2 Å². The number of hydrogen-bond acceptors (Lipinski definition) is 6. The molecule has 0 aliphatic carbocycles. The standard InChI is InChI=1S/C21H15NO5.2ClH/c22-10-13-17(24)8-7-16-19(13)26-18-9-11(23)5-6-15(18)21(16)14-4-2-1-3-12(14)20(25)27-21;;/h1-9,23-24H,10,22H2;2*1H. The summed E-state index contributed by atoms with van der Waals surface area (Å²) in [6.45, 7) is 0.0365. The molecule has 3 aromatic carbocycles. The number of rotatable bonds is 1. The van der Waals surface area contributed by atoms with Gasteiger partial charge in [-0.15, -0.1) is 24.8 Å². The minimum absolute atomic E-state index is 0. The summed E-state index contributed by atoms with van der Waals surface area (Å²) in [6, 6.07) is 15.0. The van der Waals surface area contributed by atoms with Crippen molar-refractivity contribution in [2.45, 2.75) is 12.1 Å². The molecule has 5 rings (SSSR count). The molecule has 2 aliphatic heterocycles. The predicted octanol–water partition coefficient (Wildman–Crippen LogP) is 3.97. The molecule has 0 saturated carbocycles. The SMILES string of the molecule is Cl.Cl.NCc1c(O)ccc2c1Oc1cc(O)ccc1C21OC(=O)c2ccccc21. The van der Waals surface area contributed by atoms with E-state index in [1.54, 1.807) is 24.3 Å². The Bertz CT molecular complexity index is 1130. The first-order valence-electron chi connectivity index (χ1n) is 8.46. The fourth-order valence-electron chi connectivity index (χ4n) is 3.97. The molecule has 2 aliphatic rings. The summed E-state index contributed by atoms with van der Waals surface area (Å²) in [7, 11) is 0. The van der Waals surface area contributed by atoms with Crippen molar-refractivity contribution < 1.29 is 24.5 Å². The van der Waals surface area contributed by atoms with Gasteiger partial charge in [-0.25, -0.2) is 4.79 Å². The summed E-state index contributed by atoms with van der Waals surface area (Å²) in [5, 5.41) is 20.2. The van der Waals surface area contributed by atoms with E-state index in [9.17, 15) is 15.0 Å². The molecule has 2 heterocycles. The van der Waals surface area contributed by atoms with Crippen LogP contribution in [0.3, 0.4) is 0 Å². The molecule has 1 atom stereocenters. The zero-order valence-electron chi connectivity index (χ0n) is 14.9. The van der Waals surface area contributed by atoms with E-state index in [-0.39, 0.29) is 42.9 Å². The molecule has 8 heteroatoms. The number of fused-ring (bicyclic) bond motifs is 6. The molecule has 0 fully saturated rings. The number of halogens is 2. The number of benzene rings is 3. The van der Waals surface area contributed by atoms with Crippen molar-refractivity contribution in [3.63, 3.8) is 0 Å². The number of phenolic OH excluding ortho intramolecular Hbond substituents is 2. The summed E-state index contributed by atoms with van der Waals surface area (Å²) < 4.78 is 12.0. The van der Waals surface area contributed by atoms with Crippen LogP contribution in [0.2, 0.25) is 0 Å². The molecule has 0 amide bonds. The van der Waals surface area contributed by atoms with Gasteiger partial charge in [0, 0.05) is 29.3 Å². The molecule has 0 aromatic heterocycles. The Kier molecular flexibility index (Phi) is 5.13. The summed E-state index contributed by atoms with van der Waals surface area (Å²) in [6.07, 6.45) is 0. The van der Waals surface area contributed by atoms with Crippen molar-refractivity contribution in [1.29, 1.82) is 0 Å². The number of carbonyl (C=O) groups is 1. The van der Waals surface area contributed by atoms with Gasteiger partial charge >= 0.3 is 5.97 Å². The minimum atomic E-state index is -1.23. The number of carbonyl (C=O) groups excluding carboxylic acids is 1. The smallest absolute Gasteiger partial charge is 0.340 e. The van der Waals surface area contributed by atoms with Crippen LogP contribution in [-0.2, 0) is 16.9 Å². The lowest BCUT2D eigenvalue weighted by molar-refractivity contribution is 0.0223. The first kappa shape index (κ1) is 20.8.